The van der Waals surface area contributed by atoms with Crippen molar-refractivity contribution in [2.24, 2.45) is 5.41 Å². The summed E-state index contributed by atoms with van der Waals surface area (Å²) in [6, 6.07) is 0. The van der Waals surface area contributed by atoms with Crippen LogP contribution in [0.4, 0.5) is 0 Å². The Morgan fingerprint density at radius 2 is 1.67 bits per heavy atom. The highest BCUT2D eigenvalue weighted by atomic mass is 15.1. The number of hydrogen-bond acceptors (Lipinski definition) is 1. The second-order valence-corrected chi connectivity index (χ2v) is 5.65. The van der Waals surface area contributed by atoms with Gasteiger partial charge in [0.1, 0.15) is 0 Å². The minimum atomic E-state index is 0.592. The van der Waals surface area contributed by atoms with E-state index in [2.05, 4.69) is 25.7 Å². The maximum absolute atomic E-state index is 2.69. The third-order valence-electron chi connectivity index (χ3n) is 3.79. The molecule has 90 valence electrons. The van der Waals surface area contributed by atoms with E-state index >= 15 is 0 Å². The lowest BCUT2D eigenvalue weighted by molar-refractivity contribution is 0.162. The van der Waals surface area contributed by atoms with E-state index in [1.165, 1.54) is 64.6 Å². The van der Waals surface area contributed by atoms with Gasteiger partial charge in [0, 0.05) is 6.54 Å². The van der Waals surface area contributed by atoms with Crippen molar-refractivity contribution in [2.75, 3.05) is 19.6 Å². The normalized spacial score (nSPS) is 21.8. The van der Waals surface area contributed by atoms with E-state index in [-0.39, 0.29) is 0 Å². The largest absolute Gasteiger partial charge is 0.303 e. The van der Waals surface area contributed by atoms with Gasteiger partial charge in [0.25, 0.3) is 0 Å². The van der Waals surface area contributed by atoms with Crippen molar-refractivity contribution in [3.05, 3.63) is 0 Å². The molecule has 1 fully saturated rings. The van der Waals surface area contributed by atoms with Crippen LogP contribution in [0.2, 0.25) is 0 Å². The molecule has 0 aromatic heterocycles. The summed E-state index contributed by atoms with van der Waals surface area (Å²) in [5, 5.41) is 0. The van der Waals surface area contributed by atoms with Gasteiger partial charge in [-0.15, -0.1) is 0 Å². The van der Waals surface area contributed by atoms with Crippen LogP contribution in [0.1, 0.15) is 65.7 Å². The number of likely N-dealkylation sites (tertiary alicyclic amines) is 1. The summed E-state index contributed by atoms with van der Waals surface area (Å²) in [4.78, 5) is 2.69. The molecule has 0 aromatic rings. The molecule has 0 amide bonds. The van der Waals surface area contributed by atoms with E-state index in [1.54, 1.807) is 0 Å². The minimum absolute atomic E-state index is 0.592. The van der Waals surface area contributed by atoms with Crippen LogP contribution in [0.3, 0.4) is 0 Å². The molecule has 0 aromatic carbocycles. The van der Waals surface area contributed by atoms with Gasteiger partial charge in [0.15, 0.2) is 0 Å². The molecule has 15 heavy (non-hydrogen) atoms. The van der Waals surface area contributed by atoms with Crippen molar-refractivity contribution >= 4 is 0 Å². The molecule has 0 bridgehead atoms. The Bertz CT molecular complexity index is 161. The molecule has 1 aliphatic rings. The maximum atomic E-state index is 2.69. The van der Waals surface area contributed by atoms with E-state index < -0.39 is 0 Å². The molecule has 1 atom stereocenters. The fourth-order valence-corrected chi connectivity index (χ4v) is 2.97. The van der Waals surface area contributed by atoms with Crippen LogP contribution in [0, 0.1) is 5.41 Å². The first kappa shape index (κ1) is 13.0. The van der Waals surface area contributed by atoms with E-state index in [1.807, 2.05) is 0 Å². The molecule has 1 unspecified atom stereocenters. The molecule has 0 N–H and O–H groups in total. The number of hydrogen-bond donors (Lipinski definition) is 0. The van der Waals surface area contributed by atoms with Crippen LogP contribution in [0.5, 0.6) is 0 Å². The van der Waals surface area contributed by atoms with Gasteiger partial charge < -0.3 is 4.90 Å². The second-order valence-electron chi connectivity index (χ2n) is 5.65. The highest BCUT2D eigenvalue weighted by Crippen LogP contribution is 2.31. The number of unbranched alkanes of at least 4 members (excludes halogenated alkanes) is 1. The van der Waals surface area contributed by atoms with E-state index in [0.29, 0.717) is 5.41 Å². The predicted molar refractivity (Wildman–Crippen MR) is 68.2 cm³/mol. The standard InChI is InChI=1S/C14H29N/c1-4-6-10-14(3,9-5-2)13-15-11-7-8-12-15/h4-13H2,1-3H3. The Hall–Kier alpha value is -0.0400. The van der Waals surface area contributed by atoms with E-state index in [4.69, 9.17) is 0 Å². The van der Waals surface area contributed by atoms with Crippen molar-refractivity contribution in [1.29, 1.82) is 0 Å². The lowest BCUT2D eigenvalue weighted by Gasteiger charge is -2.33. The van der Waals surface area contributed by atoms with Crippen LogP contribution in [-0.4, -0.2) is 24.5 Å². The van der Waals surface area contributed by atoms with Crippen molar-refractivity contribution in [1.82, 2.24) is 4.90 Å². The van der Waals surface area contributed by atoms with Gasteiger partial charge in [0.2, 0.25) is 0 Å². The SMILES string of the molecule is CCCCC(C)(CCC)CN1CCCC1. The van der Waals surface area contributed by atoms with Gasteiger partial charge in [-0.3, -0.25) is 0 Å². The first-order valence-electron chi connectivity index (χ1n) is 6.92. The molecule has 1 aliphatic heterocycles. The fourth-order valence-electron chi connectivity index (χ4n) is 2.97. The average Bonchev–Trinajstić information content (AvgIpc) is 2.68. The van der Waals surface area contributed by atoms with Gasteiger partial charge in [0.05, 0.1) is 0 Å². The first-order chi connectivity index (χ1) is 7.20. The molecule has 0 spiro atoms. The average molecular weight is 211 g/mol. The number of nitrogens with zero attached hydrogens (tertiary/aromatic N) is 1. The first-order valence-corrected chi connectivity index (χ1v) is 6.92. The monoisotopic (exact) mass is 211 g/mol. The molecular formula is C14H29N. The third-order valence-corrected chi connectivity index (χ3v) is 3.79. The Morgan fingerprint density at radius 1 is 1.00 bits per heavy atom. The molecule has 0 radical (unpaired) electrons. The lowest BCUT2D eigenvalue weighted by Crippen LogP contribution is -2.34. The third kappa shape index (κ3) is 4.55. The van der Waals surface area contributed by atoms with Gasteiger partial charge in [-0.05, 0) is 44.2 Å². The van der Waals surface area contributed by atoms with Gasteiger partial charge in [-0.25, -0.2) is 0 Å². The summed E-state index contributed by atoms with van der Waals surface area (Å²) < 4.78 is 0. The van der Waals surface area contributed by atoms with E-state index in [0.717, 1.165) is 0 Å². The Labute approximate surface area is 96.2 Å². The minimum Gasteiger partial charge on any atom is -0.303 e. The summed E-state index contributed by atoms with van der Waals surface area (Å²) in [6.07, 6.45) is 9.78. The maximum Gasteiger partial charge on any atom is 0.00353 e. The van der Waals surface area contributed by atoms with Crippen LogP contribution in [0.15, 0.2) is 0 Å². The van der Waals surface area contributed by atoms with Crippen LogP contribution >= 0.6 is 0 Å². The Morgan fingerprint density at radius 3 is 2.20 bits per heavy atom. The molecule has 0 aliphatic carbocycles. The summed E-state index contributed by atoms with van der Waals surface area (Å²) in [5.74, 6) is 0. The topological polar surface area (TPSA) is 3.24 Å². The Balaban J connectivity index is 2.39. The molecule has 1 nitrogen and oxygen atoms in total. The van der Waals surface area contributed by atoms with Gasteiger partial charge >= 0.3 is 0 Å². The number of rotatable bonds is 7. The zero-order valence-electron chi connectivity index (χ0n) is 11.0. The fraction of sp³-hybridized carbons (Fsp3) is 1.00. The summed E-state index contributed by atoms with van der Waals surface area (Å²) in [5.41, 5.74) is 0.592. The van der Waals surface area contributed by atoms with Crippen LogP contribution < -0.4 is 0 Å². The Kier molecular flexibility index (Phi) is 5.66. The summed E-state index contributed by atoms with van der Waals surface area (Å²) in [7, 11) is 0. The summed E-state index contributed by atoms with van der Waals surface area (Å²) in [6.45, 7) is 11.2. The highest BCUT2D eigenvalue weighted by molar-refractivity contribution is 4.80. The van der Waals surface area contributed by atoms with Crippen molar-refractivity contribution in [2.45, 2.75) is 65.7 Å². The lowest BCUT2D eigenvalue weighted by atomic mass is 9.80. The van der Waals surface area contributed by atoms with Gasteiger partial charge in [-0.2, -0.15) is 0 Å². The zero-order chi connectivity index (χ0) is 11.1. The smallest absolute Gasteiger partial charge is 0.00353 e. The van der Waals surface area contributed by atoms with Gasteiger partial charge in [-0.1, -0.05) is 40.0 Å². The second kappa shape index (κ2) is 6.52. The molecule has 1 saturated heterocycles. The molecular weight excluding hydrogens is 182 g/mol. The molecule has 1 heterocycles. The van der Waals surface area contributed by atoms with Crippen molar-refractivity contribution in [3.8, 4) is 0 Å². The zero-order valence-corrected chi connectivity index (χ0v) is 11.0. The molecule has 1 heteroatoms. The quantitative estimate of drug-likeness (QED) is 0.613. The predicted octanol–water partition coefficient (Wildman–Crippen LogP) is 4.08. The van der Waals surface area contributed by atoms with Crippen LogP contribution in [-0.2, 0) is 0 Å². The van der Waals surface area contributed by atoms with Crippen molar-refractivity contribution in [3.63, 3.8) is 0 Å². The van der Waals surface area contributed by atoms with Crippen LogP contribution in [0.25, 0.3) is 0 Å². The molecule has 1 rings (SSSR count). The van der Waals surface area contributed by atoms with E-state index in [9.17, 15) is 0 Å². The van der Waals surface area contributed by atoms with Crippen molar-refractivity contribution < 1.29 is 0 Å². The molecule has 0 saturated carbocycles. The summed E-state index contributed by atoms with van der Waals surface area (Å²) >= 11 is 0. The highest BCUT2D eigenvalue weighted by Gasteiger charge is 2.26.